The number of carbonyl (C=O) groups is 3. The van der Waals surface area contributed by atoms with Crippen molar-refractivity contribution in [3.63, 3.8) is 0 Å². The Morgan fingerprint density at radius 1 is 0.929 bits per heavy atom. The maximum Gasteiger partial charge on any atom is 0.410 e. The van der Waals surface area contributed by atoms with Crippen molar-refractivity contribution < 1.29 is 37.0 Å². The molecule has 0 unspecified atom stereocenters. The zero-order valence-corrected chi connectivity index (χ0v) is 34.3. The molecule has 0 aliphatic heterocycles. The smallest absolute Gasteiger partial charge is 0.410 e. The zero-order valence-electron chi connectivity index (χ0n) is 33.5. The van der Waals surface area contributed by atoms with Crippen LogP contribution in [-0.4, -0.2) is 84.4 Å². The molecule has 3 atom stereocenters. The molecule has 0 radical (unpaired) electrons. The molecule has 0 bridgehead atoms. The van der Waals surface area contributed by atoms with Crippen LogP contribution in [0.3, 0.4) is 0 Å². The number of nitrogens with zero attached hydrogens (tertiary/aromatic N) is 3. The van der Waals surface area contributed by atoms with Crippen LogP contribution >= 0.6 is 0 Å². The van der Waals surface area contributed by atoms with Gasteiger partial charge in [0.1, 0.15) is 30.3 Å². The number of anilines is 1. The van der Waals surface area contributed by atoms with E-state index in [1.807, 2.05) is 44.2 Å². The number of carbonyl (C=O) groups excluding carboxylic acids is 3. The van der Waals surface area contributed by atoms with Crippen LogP contribution in [-0.2, 0) is 43.9 Å². The molecule has 3 aromatic rings. The Bertz CT molecular complexity index is 1880. The van der Waals surface area contributed by atoms with Crippen LogP contribution in [0.1, 0.15) is 72.1 Å². The van der Waals surface area contributed by atoms with E-state index in [0.29, 0.717) is 11.8 Å². The summed E-state index contributed by atoms with van der Waals surface area (Å²) in [7, 11) is -4.14. The maximum atomic E-state index is 15.7. The summed E-state index contributed by atoms with van der Waals surface area (Å²) in [5.41, 5.74) is -0.168. The minimum atomic E-state index is -4.14. The van der Waals surface area contributed by atoms with Crippen molar-refractivity contribution in [2.45, 2.75) is 104 Å². The maximum absolute atomic E-state index is 15.7. The summed E-state index contributed by atoms with van der Waals surface area (Å²) in [5, 5.41) is 20.7. The molecule has 0 aliphatic rings. The van der Waals surface area contributed by atoms with Gasteiger partial charge in [-0.2, -0.15) is 9.21 Å². The molecule has 2 amide bonds. The molecule has 0 spiro atoms. The van der Waals surface area contributed by atoms with E-state index in [-0.39, 0.29) is 61.2 Å². The van der Waals surface area contributed by atoms with Gasteiger partial charge in [0.05, 0.1) is 35.8 Å². The number of halogens is 1. The number of aliphatic hydroxyl groups excluding tert-OH is 1. The topological polar surface area (TPSA) is 175 Å². The Morgan fingerprint density at radius 3 is 2.12 bits per heavy atom. The van der Waals surface area contributed by atoms with E-state index >= 15 is 4.39 Å². The van der Waals surface area contributed by atoms with Crippen molar-refractivity contribution in [1.82, 2.24) is 14.5 Å². The van der Waals surface area contributed by atoms with E-state index in [0.717, 1.165) is 10.5 Å². The third-order valence-corrected chi connectivity index (χ3v) is 10.5. The van der Waals surface area contributed by atoms with E-state index in [2.05, 4.69) is 15.8 Å². The van der Waals surface area contributed by atoms with Gasteiger partial charge >= 0.3 is 6.09 Å². The molecule has 306 valence electrons. The number of benzene rings is 3. The lowest BCUT2D eigenvalue weighted by Gasteiger charge is -2.35. The predicted octanol–water partition coefficient (Wildman–Crippen LogP) is 6.29. The van der Waals surface area contributed by atoms with Crippen molar-refractivity contribution >= 4 is 34.0 Å². The van der Waals surface area contributed by atoms with Gasteiger partial charge in [-0.1, -0.05) is 94.4 Å². The Labute approximate surface area is 330 Å². The quantitative estimate of drug-likeness (QED) is 0.0931. The number of aldehydes is 1. The summed E-state index contributed by atoms with van der Waals surface area (Å²) < 4.78 is 50.2. The van der Waals surface area contributed by atoms with Crippen LogP contribution in [0.4, 0.5) is 14.9 Å². The van der Waals surface area contributed by atoms with Crippen LogP contribution in [0, 0.1) is 22.1 Å². The third-order valence-electron chi connectivity index (χ3n) is 8.68. The average Bonchev–Trinajstić information content (AvgIpc) is 3.10. The summed E-state index contributed by atoms with van der Waals surface area (Å²) in [4.78, 5) is 50.7. The number of nitrogens with one attached hydrogen (secondary N) is 2. The monoisotopic (exact) mass is 797 g/mol. The number of ether oxygens (including phenoxy) is 1. The van der Waals surface area contributed by atoms with E-state index in [1.54, 1.807) is 47.6 Å². The number of rotatable bonds is 19. The summed E-state index contributed by atoms with van der Waals surface area (Å²) in [5.74, 6) is -1.42. The van der Waals surface area contributed by atoms with Gasteiger partial charge in [0.15, 0.2) is 0 Å². The second-order valence-electron chi connectivity index (χ2n) is 16.3. The number of hydrogen-bond acceptors (Lipinski definition) is 10. The lowest BCUT2D eigenvalue weighted by molar-refractivity contribution is -0.125. The Hall–Kier alpha value is -4.73. The number of amides is 2. The standard InChI is InChI=1S/C41H56FN5O8S/c1-28(2)25-47(56(53,54)32-19-17-30(18-20-32)24-43-52)27-35(49)34(23-29-13-10-9-11-14-29)44-38(50)37(40(3,4)5)45-36-31(15-12-16-33(36)42)26-46(21-22-48)39(51)55-41(6,7)8/h9-20,22,28,34-35,37,45,49H,21,23-27H2,1-8H3,(H,44,50)/t34-,35+,37+/m0/s1. The van der Waals surface area contributed by atoms with Gasteiger partial charge in [-0.05, 0) is 73.4 Å². The molecule has 0 aliphatic carbocycles. The Kier molecular flexibility index (Phi) is 16.2. The molecular weight excluding hydrogens is 742 g/mol. The van der Waals surface area contributed by atoms with Gasteiger partial charge in [-0.15, -0.1) is 0 Å². The van der Waals surface area contributed by atoms with Crippen molar-refractivity contribution in [3.8, 4) is 0 Å². The zero-order chi connectivity index (χ0) is 41.8. The first-order chi connectivity index (χ1) is 26.2. The van der Waals surface area contributed by atoms with Crippen LogP contribution in [0.15, 0.2) is 82.9 Å². The van der Waals surface area contributed by atoms with Crippen LogP contribution < -0.4 is 10.6 Å². The minimum Gasteiger partial charge on any atom is -0.444 e. The average molecular weight is 798 g/mol. The fourth-order valence-electron chi connectivity index (χ4n) is 5.93. The second kappa shape index (κ2) is 19.9. The van der Waals surface area contributed by atoms with Gasteiger partial charge in [0.2, 0.25) is 15.9 Å². The number of aliphatic hydroxyl groups is 1. The van der Waals surface area contributed by atoms with Crippen molar-refractivity contribution in [3.05, 3.63) is 100 Å². The number of nitroso groups, excluding NO2 is 1. The number of sulfonamides is 1. The molecule has 3 rings (SSSR count). The second-order valence-corrected chi connectivity index (χ2v) is 18.2. The largest absolute Gasteiger partial charge is 0.444 e. The summed E-state index contributed by atoms with van der Waals surface area (Å²) in [6.07, 6.45) is -1.50. The molecule has 0 fully saturated rings. The molecule has 3 aromatic carbocycles. The fraction of sp³-hybridized carbons (Fsp3) is 0.488. The first-order valence-electron chi connectivity index (χ1n) is 18.5. The highest BCUT2D eigenvalue weighted by Gasteiger charge is 2.37. The molecular formula is C41H56FN5O8S. The third kappa shape index (κ3) is 13.5. The van der Waals surface area contributed by atoms with Crippen LogP contribution in [0.5, 0.6) is 0 Å². The highest BCUT2D eigenvalue weighted by Crippen LogP contribution is 2.29. The summed E-state index contributed by atoms with van der Waals surface area (Å²) in [6, 6.07) is 17.0. The molecule has 3 N–H and O–H groups in total. The fourth-order valence-corrected chi connectivity index (χ4v) is 7.55. The van der Waals surface area contributed by atoms with Crippen molar-refractivity contribution in [1.29, 1.82) is 0 Å². The highest BCUT2D eigenvalue weighted by atomic mass is 32.2. The predicted molar refractivity (Wildman–Crippen MR) is 214 cm³/mol. The lowest BCUT2D eigenvalue weighted by Crippen LogP contribution is -2.56. The molecule has 0 saturated heterocycles. The Morgan fingerprint density at radius 2 is 1.57 bits per heavy atom. The molecule has 15 heteroatoms. The number of hydrogen-bond donors (Lipinski definition) is 3. The molecule has 0 saturated carbocycles. The highest BCUT2D eigenvalue weighted by molar-refractivity contribution is 7.89. The van der Waals surface area contributed by atoms with Gasteiger partial charge in [-0.3, -0.25) is 9.69 Å². The first-order valence-corrected chi connectivity index (χ1v) is 20.0. The van der Waals surface area contributed by atoms with Gasteiger partial charge in [0, 0.05) is 13.1 Å². The SMILES string of the molecule is CC(C)CN(C[C@@H](O)[C@H](Cc1ccccc1)NC(=O)[C@@H](Nc1c(F)cccc1CN(CC=O)C(=O)OC(C)(C)C)C(C)(C)C)S(=O)(=O)c1ccc(CN=O)cc1. The van der Waals surface area contributed by atoms with Gasteiger partial charge in [-0.25, -0.2) is 17.6 Å². The molecule has 56 heavy (non-hydrogen) atoms. The lowest BCUT2D eigenvalue weighted by atomic mass is 9.85. The summed E-state index contributed by atoms with van der Waals surface area (Å²) in [6.45, 7) is 13.1. The van der Waals surface area contributed by atoms with E-state index in [9.17, 15) is 32.8 Å². The van der Waals surface area contributed by atoms with Gasteiger partial charge < -0.3 is 25.3 Å². The van der Waals surface area contributed by atoms with E-state index in [1.165, 1.54) is 40.7 Å². The van der Waals surface area contributed by atoms with Crippen LogP contribution in [0.2, 0.25) is 0 Å². The Balaban J connectivity index is 1.99. The molecule has 0 aromatic heterocycles. The molecule has 0 heterocycles. The minimum absolute atomic E-state index is 0.0280. The van der Waals surface area contributed by atoms with Crippen molar-refractivity contribution in [2.75, 3.05) is 25.0 Å². The molecule has 13 nitrogen and oxygen atoms in total. The van der Waals surface area contributed by atoms with Crippen LogP contribution in [0.25, 0.3) is 0 Å². The van der Waals surface area contributed by atoms with E-state index < -0.39 is 57.0 Å². The number of para-hydroxylation sites is 1. The van der Waals surface area contributed by atoms with E-state index in [4.69, 9.17) is 4.74 Å². The van der Waals surface area contributed by atoms with Crippen molar-refractivity contribution in [2.24, 2.45) is 16.5 Å². The normalized spacial score (nSPS) is 13.8. The summed E-state index contributed by atoms with van der Waals surface area (Å²) >= 11 is 0. The first kappa shape index (κ1) is 45.7. The van der Waals surface area contributed by atoms with Gasteiger partial charge in [0.25, 0.3) is 0 Å².